The second-order valence-corrected chi connectivity index (χ2v) is 3.94. The maximum atomic E-state index is 10.6. The van der Waals surface area contributed by atoms with Gasteiger partial charge in [-0.25, -0.2) is 0 Å². The number of halogens is 1. The molecule has 0 aliphatic carbocycles. The number of carboxylic acids is 1. The molecule has 15 heavy (non-hydrogen) atoms. The van der Waals surface area contributed by atoms with Crippen molar-refractivity contribution in [1.82, 2.24) is 5.32 Å². The molecule has 4 heteroatoms. The quantitative estimate of drug-likeness (QED) is 0.829. The summed E-state index contributed by atoms with van der Waals surface area (Å²) in [5.41, 5.74) is 2.00. The summed E-state index contributed by atoms with van der Waals surface area (Å²) in [5.74, 6) is -0.863. The third kappa shape index (κ3) is 3.53. The van der Waals surface area contributed by atoms with Crippen molar-refractivity contribution < 1.29 is 9.90 Å². The SMILES string of the molecule is Cc1ccc(CN[C@H](C)C(=O)O)c(Cl)c1. The molecule has 0 fully saturated rings. The fourth-order valence-corrected chi connectivity index (χ4v) is 1.45. The van der Waals surface area contributed by atoms with Crippen LogP contribution in [0.1, 0.15) is 18.1 Å². The van der Waals surface area contributed by atoms with Crippen LogP contribution in [0.2, 0.25) is 5.02 Å². The van der Waals surface area contributed by atoms with Crippen molar-refractivity contribution in [3.63, 3.8) is 0 Å². The lowest BCUT2D eigenvalue weighted by Gasteiger charge is -2.10. The van der Waals surface area contributed by atoms with E-state index in [-0.39, 0.29) is 0 Å². The van der Waals surface area contributed by atoms with E-state index in [2.05, 4.69) is 5.32 Å². The van der Waals surface area contributed by atoms with Gasteiger partial charge in [-0.2, -0.15) is 0 Å². The van der Waals surface area contributed by atoms with Crippen molar-refractivity contribution in [2.45, 2.75) is 26.4 Å². The minimum atomic E-state index is -0.863. The van der Waals surface area contributed by atoms with Crippen molar-refractivity contribution in [3.8, 4) is 0 Å². The highest BCUT2D eigenvalue weighted by molar-refractivity contribution is 6.31. The van der Waals surface area contributed by atoms with Gasteiger partial charge in [0.1, 0.15) is 6.04 Å². The molecule has 3 nitrogen and oxygen atoms in total. The van der Waals surface area contributed by atoms with Gasteiger partial charge in [-0.3, -0.25) is 4.79 Å². The number of carbonyl (C=O) groups is 1. The number of benzene rings is 1. The van der Waals surface area contributed by atoms with E-state index in [4.69, 9.17) is 16.7 Å². The first-order chi connectivity index (χ1) is 7.00. The normalized spacial score (nSPS) is 12.5. The van der Waals surface area contributed by atoms with E-state index >= 15 is 0 Å². The van der Waals surface area contributed by atoms with E-state index in [0.717, 1.165) is 11.1 Å². The molecule has 0 bridgehead atoms. The summed E-state index contributed by atoms with van der Waals surface area (Å²) in [5, 5.41) is 12.2. The highest BCUT2D eigenvalue weighted by atomic mass is 35.5. The standard InChI is InChI=1S/C11H14ClNO2/c1-7-3-4-9(10(12)5-7)6-13-8(2)11(14)15/h3-5,8,13H,6H2,1-2H3,(H,14,15)/t8-/m1/s1. The van der Waals surface area contributed by atoms with E-state index in [1.54, 1.807) is 6.92 Å². The highest BCUT2D eigenvalue weighted by Gasteiger charge is 2.10. The van der Waals surface area contributed by atoms with Crippen molar-refractivity contribution >= 4 is 17.6 Å². The van der Waals surface area contributed by atoms with Crippen LogP contribution in [-0.4, -0.2) is 17.1 Å². The van der Waals surface area contributed by atoms with Crippen LogP contribution in [0.25, 0.3) is 0 Å². The lowest BCUT2D eigenvalue weighted by atomic mass is 10.1. The summed E-state index contributed by atoms with van der Waals surface area (Å²) < 4.78 is 0. The number of nitrogens with one attached hydrogen (secondary N) is 1. The number of hydrogen-bond donors (Lipinski definition) is 2. The van der Waals surface area contributed by atoms with Crippen molar-refractivity contribution in [1.29, 1.82) is 0 Å². The molecule has 0 heterocycles. The van der Waals surface area contributed by atoms with Gasteiger partial charge < -0.3 is 10.4 Å². The minimum Gasteiger partial charge on any atom is -0.480 e. The number of aryl methyl sites for hydroxylation is 1. The van der Waals surface area contributed by atoms with Crippen molar-refractivity contribution in [3.05, 3.63) is 34.3 Å². The molecule has 0 unspecified atom stereocenters. The van der Waals surface area contributed by atoms with Gasteiger partial charge in [0, 0.05) is 11.6 Å². The van der Waals surface area contributed by atoms with Crippen LogP contribution in [-0.2, 0) is 11.3 Å². The minimum absolute atomic E-state index is 0.465. The number of hydrogen-bond acceptors (Lipinski definition) is 2. The Hall–Kier alpha value is -1.06. The zero-order chi connectivity index (χ0) is 11.4. The second-order valence-electron chi connectivity index (χ2n) is 3.54. The molecule has 1 aromatic rings. The molecule has 0 spiro atoms. The number of rotatable bonds is 4. The Balaban J connectivity index is 2.62. The number of aliphatic carboxylic acids is 1. The van der Waals surface area contributed by atoms with E-state index in [0.29, 0.717) is 11.6 Å². The second kappa shape index (κ2) is 5.14. The molecule has 0 saturated heterocycles. The molecule has 1 atom stereocenters. The third-order valence-corrected chi connectivity index (χ3v) is 2.53. The summed E-state index contributed by atoms with van der Waals surface area (Å²) in [6.45, 7) is 4.03. The summed E-state index contributed by atoms with van der Waals surface area (Å²) in [6, 6.07) is 5.15. The third-order valence-electron chi connectivity index (χ3n) is 2.18. The first-order valence-corrected chi connectivity index (χ1v) is 5.09. The van der Waals surface area contributed by atoms with Crippen molar-refractivity contribution in [2.75, 3.05) is 0 Å². The maximum Gasteiger partial charge on any atom is 0.320 e. The van der Waals surface area contributed by atoms with Crippen molar-refractivity contribution in [2.24, 2.45) is 0 Å². The monoisotopic (exact) mass is 227 g/mol. The fourth-order valence-electron chi connectivity index (χ4n) is 1.15. The molecule has 0 aliphatic rings. The molecular formula is C11H14ClNO2. The van der Waals surface area contributed by atoms with Crippen LogP contribution >= 0.6 is 11.6 Å². The Morgan fingerprint density at radius 3 is 2.80 bits per heavy atom. The Morgan fingerprint density at radius 2 is 2.27 bits per heavy atom. The van der Waals surface area contributed by atoms with Crippen LogP contribution in [0.3, 0.4) is 0 Å². The molecular weight excluding hydrogens is 214 g/mol. The molecule has 82 valence electrons. The van der Waals surface area contributed by atoms with E-state index in [1.165, 1.54) is 0 Å². The first-order valence-electron chi connectivity index (χ1n) is 4.72. The van der Waals surface area contributed by atoms with E-state index in [9.17, 15) is 4.79 Å². The van der Waals surface area contributed by atoms with Crippen LogP contribution < -0.4 is 5.32 Å². The summed E-state index contributed by atoms with van der Waals surface area (Å²) in [4.78, 5) is 10.6. The van der Waals surface area contributed by atoms with Crippen LogP contribution in [0.15, 0.2) is 18.2 Å². The highest BCUT2D eigenvalue weighted by Crippen LogP contribution is 2.17. The van der Waals surface area contributed by atoms with Gasteiger partial charge in [0.25, 0.3) is 0 Å². The van der Waals surface area contributed by atoms with Crippen LogP contribution in [0, 0.1) is 6.92 Å². The van der Waals surface area contributed by atoms with Gasteiger partial charge in [-0.15, -0.1) is 0 Å². The molecule has 2 N–H and O–H groups in total. The number of carboxylic acid groups (broad SMARTS) is 1. The smallest absolute Gasteiger partial charge is 0.320 e. The molecule has 0 aliphatic heterocycles. The van der Waals surface area contributed by atoms with Gasteiger partial charge in [0.15, 0.2) is 0 Å². The first kappa shape index (κ1) is 12.0. The Bertz CT molecular complexity index is 366. The Kier molecular flexibility index (Phi) is 4.12. The van der Waals surface area contributed by atoms with Gasteiger partial charge in [0.05, 0.1) is 0 Å². The molecule has 0 aromatic heterocycles. The largest absolute Gasteiger partial charge is 0.480 e. The molecule has 1 aromatic carbocycles. The Morgan fingerprint density at radius 1 is 1.60 bits per heavy atom. The summed E-state index contributed by atoms with van der Waals surface area (Å²) in [6.07, 6.45) is 0. The average molecular weight is 228 g/mol. The maximum absolute atomic E-state index is 10.6. The van der Waals surface area contributed by atoms with Gasteiger partial charge in [0.2, 0.25) is 0 Å². The van der Waals surface area contributed by atoms with Crippen LogP contribution in [0.5, 0.6) is 0 Å². The van der Waals surface area contributed by atoms with E-state index < -0.39 is 12.0 Å². The Labute approximate surface area is 94.1 Å². The molecule has 0 amide bonds. The predicted octanol–water partition coefficient (Wildman–Crippen LogP) is 2.21. The summed E-state index contributed by atoms with van der Waals surface area (Å²) >= 11 is 6.01. The summed E-state index contributed by atoms with van der Waals surface area (Å²) in [7, 11) is 0. The topological polar surface area (TPSA) is 49.3 Å². The average Bonchev–Trinajstić information content (AvgIpc) is 2.15. The fraction of sp³-hybridized carbons (Fsp3) is 0.364. The molecule has 0 saturated carbocycles. The van der Waals surface area contributed by atoms with E-state index in [1.807, 2.05) is 25.1 Å². The van der Waals surface area contributed by atoms with Gasteiger partial charge in [-0.1, -0.05) is 23.7 Å². The lowest BCUT2D eigenvalue weighted by molar-refractivity contribution is -0.139. The van der Waals surface area contributed by atoms with Gasteiger partial charge in [-0.05, 0) is 31.0 Å². The van der Waals surface area contributed by atoms with Crippen LogP contribution in [0.4, 0.5) is 0 Å². The lowest BCUT2D eigenvalue weighted by Crippen LogP contribution is -2.33. The zero-order valence-electron chi connectivity index (χ0n) is 8.75. The zero-order valence-corrected chi connectivity index (χ0v) is 9.51. The van der Waals surface area contributed by atoms with Gasteiger partial charge >= 0.3 is 5.97 Å². The molecule has 1 rings (SSSR count). The molecule has 0 radical (unpaired) electrons. The predicted molar refractivity (Wildman–Crippen MR) is 60.1 cm³/mol.